The number of esters is 1. The number of rotatable bonds is 10. The fraction of sp³-hybridized carbons (Fsp3) is 0.593. The average molecular weight is 491 g/mol. The number of aromatic hydroxyl groups is 2. The normalized spacial score (nSPS) is 22.1. The van der Waals surface area contributed by atoms with Crippen LogP contribution in [0.1, 0.15) is 82.8 Å². The Balaban J connectivity index is 1.93. The number of hydrogen-bond acceptors (Lipinski definition) is 6. The fourth-order valence-electron chi connectivity index (χ4n) is 5.00. The third kappa shape index (κ3) is 6.33. The molecule has 0 saturated carbocycles. The number of allylic oxidation sites excluding steroid dienone is 2. The van der Waals surface area contributed by atoms with Crippen LogP contribution < -0.4 is 0 Å². The SMILES string of the molecule is C=C(C)[C@H]1CCC(COC(C)=O)=C[C@@H]1c1c(O)cc(C2(CCCCCC)SCCS2)cc1O. The van der Waals surface area contributed by atoms with Gasteiger partial charge >= 0.3 is 5.97 Å². The van der Waals surface area contributed by atoms with E-state index in [9.17, 15) is 15.0 Å². The second kappa shape index (κ2) is 11.7. The van der Waals surface area contributed by atoms with Crippen molar-refractivity contribution in [2.24, 2.45) is 5.92 Å². The molecule has 182 valence electrons. The van der Waals surface area contributed by atoms with Crippen molar-refractivity contribution in [3.8, 4) is 11.5 Å². The maximum atomic E-state index is 11.3. The number of carbonyl (C=O) groups is 1. The predicted octanol–water partition coefficient (Wildman–Crippen LogP) is 7.26. The Hall–Kier alpha value is -1.53. The van der Waals surface area contributed by atoms with Crippen LogP contribution in [0.4, 0.5) is 0 Å². The Bertz CT molecular complexity index is 863. The number of benzene rings is 1. The monoisotopic (exact) mass is 490 g/mol. The topological polar surface area (TPSA) is 66.8 Å². The molecule has 2 atom stereocenters. The third-order valence-electron chi connectivity index (χ3n) is 6.74. The second-order valence-corrected chi connectivity index (χ2v) is 12.4. The van der Waals surface area contributed by atoms with E-state index in [2.05, 4.69) is 19.6 Å². The van der Waals surface area contributed by atoms with E-state index in [1.165, 1.54) is 26.2 Å². The van der Waals surface area contributed by atoms with Gasteiger partial charge in [0, 0.05) is 29.9 Å². The second-order valence-electron chi connectivity index (χ2n) is 9.31. The van der Waals surface area contributed by atoms with Crippen LogP contribution in [0.5, 0.6) is 11.5 Å². The number of phenols is 2. The Labute approximate surface area is 207 Å². The molecule has 1 fully saturated rings. The first-order valence-corrected chi connectivity index (χ1v) is 14.1. The first kappa shape index (κ1) is 26.1. The van der Waals surface area contributed by atoms with Gasteiger partial charge < -0.3 is 14.9 Å². The van der Waals surface area contributed by atoms with Gasteiger partial charge in [-0.15, -0.1) is 23.5 Å². The van der Waals surface area contributed by atoms with Gasteiger partial charge in [-0.25, -0.2) is 0 Å². The molecular weight excluding hydrogens is 452 g/mol. The number of phenolic OH excluding ortho intramolecular Hbond substituents is 2. The van der Waals surface area contributed by atoms with Crippen molar-refractivity contribution in [2.45, 2.75) is 75.7 Å². The highest BCUT2D eigenvalue weighted by Gasteiger charge is 2.39. The molecule has 0 bridgehead atoms. The van der Waals surface area contributed by atoms with E-state index in [0.29, 0.717) is 5.56 Å². The van der Waals surface area contributed by atoms with E-state index in [0.717, 1.165) is 53.9 Å². The lowest BCUT2D eigenvalue weighted by molar-refractivity contribution is -0.140. The van der Waals surface area contributed by atoms with Gasteiger partial charge in [0.1, 0.15) is 18.1 Å². The van der Waals surface area contributed by atoms with Crippen LogP contribution in [0.25, 0.3) is 0 Å². The quantitative estimate of drug-likeness (QED) is 0.204. The number of hydrogen-bond donors (Lipinski definition) is 2. The highest BCUT2D eigenvalue weighted by atomic mass is 32.2. The van der Waals surface area contributed by atoms with E-state index in [4.69, 9.17) is 4.74 Å². The van der Waals surface area contributed by atoms with Gasteiger partial charge in [-0.1, -0.05) is 50.8 Å². The summed E-state index contributed by atoms with van der Waals surface area (Å²) in [5.41, 5.74) is 3.61. The molecule has 0 spiro atoms. The van der Waals surface area contributed by atoms with Crippen LogP contribution in [-0.2, 0) is 13.6 Å². The molecular formula is C27H38O4S2. The smallest absolute Gasteiger partial charge is 0.302 e. The maximum Gasteiger partial charge on any atom is 0.302 e. The summed E-state index contributed by atoms with van der Waals surface area (Å²) in [6.45, 7) is 10.1. The molecule has 1 aliphatic carbocycles. The molecule has 2 N–H and O–H groups in total. The van der Waals surface area contributed by atoms with E-state index in [1.807, 2.05) is 42.6 Å². The van der Waals surface area contributed by atoms with Gasteiger partial charge in [0.2, 0.25) is 0 Å². The van der Waals surface area contributed by atoms with Gasteiger partial charge in [-0.2, -0.15) is 0 Å². The molecule has 6 heteroatoms. The van der Waals surface area contributed by atoms with E-state index in [1.54, 1.807) is 0 Å². The van der Waals surface area contributed by atoms with Crippen molar-refractivity contribution < 1.29 is 19.7 Å². The van der Waals surface area contributed by atoms with Crippen LogP contribution >= 0.6 is 23.5 Å². The van der Waals surface area contributed by atoms with Crippen molar-refractivity contribution in [3.05, 3.63) is 47.1 Å². The number of carbonyl (C=O) groups excluding carboxylic acids is 1. The van der Waals surface area contributed by atoms with Crippen molar-refractivity contribution >= 4 is 29.5 Å². The highest BCUT2D eigenvalue weighted by Crippen LogP contribution is 2.57. The lowest BCUT2D eigenvalue weighted by atomic mass is 9.73. The Morgan fingerprint density at radius 1 is 1.15 bits per heavy atom. The molecule has 0 radical (unpaired) electrons. The molecule has 33 heavy (non-hydrogen) atoms. The highest BCUT2D eigenvalue weighted by molar-refractivity contribution is 8.20. The summed E-state index contributed by atoms with van der Waals surface area (Å²) < 4.78 is 5.12. The first-order valence-electron chi connectivity index (χ1n) is 12.1. The lowest BCUT2D eigenvalue weighted by Crippen LogP contribution is -2.20. The standard InChI is InChI=1S/C27H38O4S2/c1-5-6-7-8-11-27(32-12-13-33-27)21-15-24(29)26(25(30)16-21)23-14-20(17-31-19(4)28)9-10-22(23)18(2)3/h14-16,22-23,29-30H,2,5-13,17H2,1,3-4H3/t22-,23+/m1/s1. The van der Waals surface area contributed by atoms with Crippen molar-refractivity contribution in [2.75, 3.05) is 18.1 Å². The molecule has 3 rings (SSSR count). The Kier molecular flexibility index (Phi) is 9.28. The minimum Gasteiger partial charge on any atom is -0.507 e. The van der Waals surface area contributed by atoms with Gasteiger partial charge in [-0.05, 0) is 55.4 Å². The van der Waals surface area contributed by atoms with Crippen LogP contribution in [0.15, 0.2) is 35.9 Å². The van der Waals surface area contributed by atoms with Crippen molar-refractivity contribution in [1.29, 1.82) is 0 Å². The van der Waals surface area contributed by atoms with Crippen LogP contribution in [0.2, 0.25) is 0 Å². The van der Waals surface area contributed by atoms with E-state index >= 15 is 0 Å². The van der Waals surface area contributed by atoms with Crippen LogP contribution in [-0.4, -0.2) is 34.3 Å². The molecule has 1 aromatic carbocycles. The first-order chi connectivity index (χ1) is 15.8. The summed E-state index contributed by atoms with van der Waals surface area (Å²) in [4.78, 5) is 11.3. The number of unbranched alkanes of at least 4 members (excludes halogenated alkanes) is 3. The lowest BCUT2D eigenvalue weighted by Gasteiger charge is -2.33. The fourth-order valence-corrected chi connectivity index (χ4v) is 8.31. The van der Waals surface area contributed by atoms with E-state index < -0.39 is 0 Å². The minimum atomic E-state index is -0.305. The Morgan fingerprint density at radius 2 is 1.82 bits per heavy atom. The molecule has 1 heterocycles. The molecule has 1 aliphatic heterocycles. The largest absolute Gasteiger partial charge is 0.507 e. The summed E-state index contributed by atoms with van der Waals surface area (Å²) in [6.07, 6.45) is 9.59. The molecule has 0 aromatic heterocycles. The number of thioether (sulfide) groups is 2. The van der Waals surface area contributed by atoms with Crippen LogP contribution in [0, 0.1) is 5.92 Å². The third-order valence-corrected chi connectivity index (χ3v) is 10.3. The molecule has 2 aliphatic rings. The summed E-state index contributed by atoms with van der Waals surface area (Å²) in [6, 6.07) is 3.76. The number of ether oxygens (including phenoxy) is 1. The summed E-state index contributed by atoms with van der Waals surface area (Å²) >= 11 is 3.88. The zero-order chi connectivity index (χ0) is 24.0. The summed E-state index contributed by atoms with van der Waals surface area (Å²) in [5.74, 6) is 2.08. The van der Waals surface area contributed by atoms with Gasteiger partial charge in [0.15, 0.2) is 0 Å². The predicted molar refractivity (Wildman–Crippen MR) is 140 cm³/mol. The molecule has 4 nitrogen and oxygen atoms in total. The molecule has 1 aromatic rings. The van der Waals surface area contributed by atoms with Crippen molar-refractivity contribution in [1.82, 2.24) is 0 Å². The van der Waals surface area contributed by atoms with Gasteiger partial charge in [0.25, 0.3) is 0 Å². The summed E-state index contributed by atoms with van der Waals surface area (Å²) in [5, 5.41) is 22.4. The van der Waals surface area contributed by atoms with Crippen LogP contribution in [0.3, 0.4) is 0 Å². The molecule has 1 saturated heterocycles. The molecule has 0 unspecified atom stereocenters. The van der Waals surface area contributed by atoms with Gasteiger partial charge in [-0.3, -0.25) is 4.79 Å². The average Bonchev–Trinajstić information content (AvgIpc) is 3.25. The molecule has 0 amide bonds. The maximum absolute atomic E-state index is 11.3. The zero-order valence-electron chi connectivity index (χ0n) is 20.2. The van der Waals surface area contributed by atoms with Gasteiger partial charge in [0.05, 0.1) is 4.08 Å². The Morgan fingerprint density at radius 3 is 2.39 bits per heavy atom. The van der Waals surface area contributed by atoms with Crippen molar-refractivity contribution in [3.63, 3.8) is 0 Å². The summed E-state index contributed by atoms with van der Waals surface area (Å²) in [7, 11) is 0. The minimum absolute atomic E-state index is 0.0993. The zero-order valence-corrected chi connectivity index (χ0v) is 21.8. The van der Waals surface area contributed by atoms with E-state index in [-0.39, 0.29) is 40.0 Å².